The Hall–Kier alpha value is -1.52. The smallest absolute Gasteiger partial charge is 0.129 e. The summed E-state index contributed by atoms with van der Waals surface area (Å²) >= 11 is 9.77. The molecule has 0 unspecified atom stereocenters. The van der Waals surface area contributed by atoms with Crippen molar-refractivity contribution < 1.29 is 0 Å². The zero-order chi connectivity index (χ0) is 13.2. The molecular weight excluding hydrogens is 326 g/mol. The number of halogens is 2. The van der Waals surface area contributed by atoms with Gasteiger partial charge in [0.05, 0.1) is 22.9 Å². The van der Waals surface area contributed by atoms with Crippen LogP contribution in [0.25, 0.3) is 10.9 Å². The van der Waals surface area contributed by atoms with Gasteiger partial charge in [0.2, 0.25) is 0 Å². The van der Waals surface area contributed by atoms with Crippen LogP contribution in [0.1, 0.15) is 5.69 Å². The van der Waals surface area contributed by atoms with E-state index < -0.39 is 0 Å². The van der Waals surface area contributed by atoms with Crippen LogP contribution in [0.2, 0.25) is 5.02 Å². The highest BCUT2D eigenvalue weighted by molar-refractivity contribution is 9.10. The molecule has 0 spiro atoms. The molecule has 5 heteroatoms. The standard InChI is InChI=1S/C14H11BrClN3/c15-14-11(6-3-7-17-14)18-8-12-13(16)9-4-1-2-5-10(9)19-12/h1-7,18-19H,8H2. The molecule has 0 saturated heterocycles. The number of nitrogens with one attached hydrogen (secondary N) is 2. The summed E-state index contributed by atoms with van der Waals surface area (Å²) in [7, 11) is 0. The maximum Gasteiger partial charge on any atom is 0.129 e. The Kier molecular flexibility index (Phi) is 3.44. The summed E-state index contributed by atoms with van der Waals surface area (Å²) in [5.41, 5.74) is 2.96. The number of nitrogens with zero attached hydrogens (tertiary/aromatic N) is 1. The van der Waals surface area contributed by atoms with Gasteiger partial charge in [-0.2, -0.15) is 0 Å². The second kappa shape index (κ2) is 5.23. The van der Waals surface area contributed by atoms with E-state index in [-0.39, 0.29) is 0 Å². The van der Waals surface area contributed by atoms with Crippen molar-refractivity contribution in [3.05, 3.63) is 57.9 Å². The Bertz CT molecular complexity index is 724. The maximum absolute atomic E-state index is 6.36. The highest BCUT2D eigenvalue weighted by Gasteiger charge is 2.09. The van der Waals surface area contributed by atoms with E-state index in [4.69, 9.17) is 11.6 Å². The normalized spacial score (nSPS) is 10.8. The van der Waals surface area contributed by atoms with Gasteiger partial charge in [0.1, 0.15) is 4.60 Å². The van der Waals surface area contributed by atoms with E-state index in [0.29, 0.717) is 6.54 Å². The monoisotopic (exact) mass is 335 g/mol. The Labute approximate surface area is 124 Å². The van der Waals surface area contributed by atoms with Crippen molar-refractivity contribution >= 4 is 44.1 Å². The molecule has 0 atom stereocenters. The summed E-state index contributed by atoms with van der Waals surface area (Å²) < 4.78 is 0.794. The molecule has 0 radical (unpaired) electrons. The van der Waals surface area contributed by atoms with Crippen molar-refractivity contribution in [3.8, 4) is 0 Å². The van der Waals surface area contributed by atoms with Gasteiger partial charge in [0.15, 0.2) is 0 Å². The zero-order valence-corrected chi connectivity index (χ0v) is 12.3. The Balaban J connectivity index is 1.86. The van der Waals surface area contributed by atoms with Crippen LogP contribution in [0, 0.1) is 0 Å². The average Bonchev–Trinajstić information content (AvgIpc) is 2.75. The summed E-state index contributed by atoms with van der Waals surface area (Å²) in [4.78, 5) is 7.49. The van der Waals surface area contributed by atoms with Gasteiger partial charge in [-0.3, -0.25) is 0 Å². The van der Waals surface area contributed by atoms with E-state index in [2.05, 4.69) is 31.2 Å². The summed E-state index contributed by atoms with van der Waals surface area (Å²) in [6, 6.07) is 11.9. The molecule has 2 N–H and O–H groups in total. The van der Waals surface area contributed by atoms with Crippen LogP contribution in [-0.2, 0) is 6.54 Å². The fraction of sp³-hybridized carbons (Fsp3) is 0.0714. The van der Waals surface area contributed by atoms with E-state index in [9.17, 15) is 0 Å². The number of benzene rings is 1. The first-order chi connectivity index (χ1) is 9.25. The van der Waals surface area contributed by atoms with Crippen molar-refractivity contribution in [1.82, 2.24) is 9.97 Å². The zero-order valence-electron chi connectivity index (χ0n) is 9.95. The second-order valence-corrected chi connectivity index (χ2v) is 5.29. The van der Waals surface area contributed by atoms with E-state index in [1.165, 1.54) is 0 Å². The van der Waals surface area contributed by atoms with Gasteiger partial charge in [-0.1, -0.05) is 29.8 Å². The van der Waals surface area contributed by atoms with Crippen LogP contribution in [0.4, 0.5) is 5.69 Å². The number of hydrogen-bond donors (Lipinski definition) is 2. The van der Waals surface area contributed by atoms with Crippen LogP contribution in [0.3, 0.4) is 0 Å². The molecule has 0 aliphatic heterocycles. The summed E-state index contributed by atoms with van der Waals surface area (Å²) in [5, 5.41) is 5.12. The molecule has 0 saturated carbocycles. The van der Waals surface area contributed by atoms with E-state index in [0.717, 1.165) is 31.9 Å². The Morgan fingerprint density at radius 1 is 1.21 bits per heavy atom. The highest BCUT2D eigenvalue weighted by atomic mass is 79.9. The Morgan fingerprint density at radius 2 is 2.05 bits per heavy atom. The van der Waals surface area contributed by atoms with E-state index >= 15 is 0 Å². The number of aromatic amines is 1. The van der Waals surface area contributed by atoms with Crippen molar-refractivity contribution in [1.29, 1.82) is 0 Å². The molecule has 19 heavy (non-hydrogen) atoms. The SMILES string of the molecule is Clc1c(CNc2cccnc2Br)[nH]c2ccccc12. The summed E-state index contributed by atoms with van der Waals surface area (Å²) in [6.07, 6.45) is 1.74. The van der Waals surface area contributed by atoms with Crippen molar-refractivity contribution in [2.24, 2.45) is 0 Å². The van der Waals surface area contributed by atoms with Crippen LogP contribution >= 0.6 is 27.5 Å². The third kappa shape index (κ3) is 2.46. The first kappa shape index (κ1) is 12.5. The molecule has 0 amide bonds. The lowest BCUT2D eigenvalue weighted by atomic mass is 10.2. The minimum Gasteiger partial charge on any atom is -0.377 e. The van der Waals surface area contributed by atoms with Gasteiger partial charge in [-0.05, 0) is 34.1 Å². The molecule has 3 aromatic rings. The second-order valence-electron chi connectivity index (χ2n) is 4.16. The number of rotatable bonds is 3. The molecule has 0 bridgehead atoms. The van der Waals surface area contributed by atoms with Crippen molar-refractivity contribution in [2.75, 3.05) is 5.32 Å². The number of para-hydroxylation sites is 1. The van der Waals surface area contributed by atoms with Gasteiger partial charge < -0.3 is 10.3 Å². The van der Waals surface area contributed by atoms with Crippen molar-refractivity contribution in [2.45, 2.75) is 6.54 Å². The maximum atomic E-state index is 6.36. The highest BCUT2D eigenvalue weighted by Crippen LogP contribution is 2.28. The van der Waals surface area contributed by atoms with E-state index in [1.54, 1.807) is 6.20 Å². The quantitative estimate of drug-likeness (QED) is 0.687. The molecule has 3 nitrogen and oxygen atoms in total. The Morgan fingerprint density at radius 3 is 2.84 bits per heavy atom. The van der Waals surface area contributed by atoms with Crippen LogP contribution < -0.4 is 5.32 Å². The van der Waals surface area contributed by atoms with Gasteiger partial charge in [0, 0.05) is 17.1 Å². The van der Waals surface area contributed by atoms with Gasteiger partial charge in [-0.25, -0.2) is 4.98 Å². The lowest BCUT2D eigenvalue weighted by Crippen LogP contribution is -2.01. The van der Waals surface area contributed by atoms with Gasteiger partial charge in [0.25, 0.3) is 0 Å². The number of pyridine rings is 1. The lowest BCUT2D eigenvalue weighted by Gasteiger charge is -2.06. The number of H-pyrrole nitrogens is 1. The third-order valence-electron chi connectivity index (χ3n) is 2.93. The molecule has 2 aromatic heterocycles. The molecule has 0 aliphatic carbocycles. The predicted octanol–water partition coefficient (Wildman–Crippen LogP) is 4.59. The molecular formula is C14H11BrClN3. The minimum absolute atomic E-state index is 0.623. The van der Waals surface area contributed by atoms with Gasteiger partial charge >= 0.3 is 0 Å². The fourth-order valence-corrected chi connectivity index (χ4v) is 2.66. The van der Waals surface area contributed by atoms with Crippen molar-refractivity contribution in [3.63, 3.8) is 0 Å². The number of fused-ring (bicyclic) bond motifs is 1. The molecule has 0 aliphatic rings. The minimum atomic E-state index is 0.623. The number of hydrogen-bond acceptors (Lipinski definition) is 2. The third-order valence-corrected chi connectivity index (χ3v) is 3.99. The predicted molar refractivity (Wildman–Crippen MR) is 82.6 cm³/mol. The summed E-state index contributed by atoms with van der Waals surface area (Å²) in [6.45, 7) is 0.623. The molecule has 96 valence electrons. The van der Waals surface area contributed by atoms with Crippen LogP contribution in [-0.4, -0.2) is 9.97 Å². The molecule has 0 fully saturated rings. The molecule has 3 rings (SSSR count). The van der Waals surface area contributed by atoms with Gasteiger partial charge in [-0.15, -0.1) is 0 Å². The average molecular weight is 337 g/mol. The van der Waals surface area contributed by atoms with Crippen LogP contribution in [0.5, 0.6) is 0 Å². The number of aromatic nitrogens is 2. The topological polar surface area (TPSA) is 40.7 Å². The largest absolute Gasteiger partial charge is 0.377 e. The van der Waals surface area contributed by atoms with Crippen LogP contribution in [0.15, 0.2) is 47.2 Å². The van der Waals surface area contributed by atoms with E-state index in [1.807, 2.05) is 36.4 Å². The summed E-state index contributed by atoms with van der Waals surface area (Å²) in [5.74, 6) is 0. The lowest BCUT2D eigenvalue weighted by molar-refractivity contribution is 1.07. The molecule has 2 heterocycles. The number of anilines is 1. The first-order valence-electron chi connectivity index (χ1n) is 5.85. The first-order valence-corrected chi connectivity index (χ1v) is 7.02. The fourth-order valence-electron chi connectivity index (χ4n) is 1.99. The molecule has 1 aromatic carbocycles.